The zero-order valence-corrected chi connectivity index (χ0v) is 8.38. The molecule has 0 N–H and O–H groups in total. The fraction of sp³-hybridized carbons (Fsp3) is 0.727. The highest BCUT2D eigenvalue weighted by molar-refractivity contribution is 5.85. The lowest BCUT2D eigenvalue weighted by atomic mass is 9.71. The summed E-state index contributed by atoms with van der Waals surface area (Å²) in [4.78, 5) is 11.1. The van der Waals surface area contributed by atoms with Crippen LogP contribution in [0.1, 0.15) is 32.6 Å². The molecule has 0 spiro atoms. The highest BCUT2D eigenvalue weighted by atomic mass is 19.1. The molecule has 0 amide bonds. The minimum atomic E-state index is -0.982. The Balaban J connectivity index is 2.04. The van der Waals surface area contributed by atoms with Crippen molar-refractivity contribution in [1.82, 2.24) is 0 Å². The monoisotopic (exact) mass is 198 g/mol. The van der Waals surface area contributed by atoms with Crippen molar-refractivity contribution in [2.24, 2.45) is 11.8 Å². The van der Waals surface area contributed by atoms with Gasteiger partial charge in [-0.1, -0.05) is 13.5 Å². The van der Waals surface area contributed by atoms with Gasteiger partial charge >= 0.3 is 5.97 Å². The zero-order valence-electron chi connectivity index (χ0n) is 8.38. The first kappa shape index (κ1) is 9.69. The van der Waals surface area contributed by atoms with Gasteiger partial charge in [0.25, 0.3) is 0 Å². The van der Waals surface area contributed by atoms with Crippen LogP contribution in [-0.4, -0.2) is 11.6 Å². The van der Waals surface area contributed by atoms with Gasteiger partial charge in [-0.15, -0.1) is 0 Å². The highest BCUT2D eigenvalue weighted by Gasteiger charge is 2.55. The molecule has 0 bridgehead atoms. The second-order valence-electron chi connectivity index (χ2n) is 4.64. The third kappa shape index (κ3) is 1.35. The molecular formula is C11H15FO2. The molecule has 0 heterocycles. The molecule has 0 aliphatic heterocycles. The van der Waals surface area contributed by atoms with Gasteiger partial charge in [-0.3, -0.25) is 0 Å². The first-order valence-corrected chi connectivity index (χ1v) is 5.11. The Morgan fingerprint density at radius 3 is 2.79 bits per heavy atom. The first-order valence-electron chi connectivity index (χ1n) is 5.11. The van der Waals surface area contributed by atoms with Crippen molar-refractivity contribution >= 4 is 5.97 Å². The third-order valence-corrected chi connectivity index (χ3v) is 3.56. The quantitative estimate of drug-likeness (QED) is 0.503. The summed E-state index contributed by atoms with van der Waals surface area (Å²) in [5, 5.41) is 0. The van der Waals surface area contributed by atoms with E-state index in [1.54, 1.807) is 0 Å². The molecule has 78 valence electrons. The van der Waals surface area contributed by atoms with Gasteiger partial charge in [-0.05, 0) is 37.5 Å². The molecule has 2 aliphatic rings. The lowest BCUT2D eigenvalue weighted by Crippen LogP contribution is -2.46. The van der Waals surface area contributed by atoms with Crippen LogP contribution in [0, 0.1) is 11.8 Å². The van der Waals surface area contributed by atoms with Crippen LogP contribution in [0.5, 0.6) is 0 Å². The van der Waals surface area contributed by atoms with Crippen molar-refractivity contribution in [3.63, 3.8) is 0 Å². The molecule has 2 rings (SSSR count). The lowest BCUT2D eigenvalue weighted by Gasteiger charge is -2.43. The summed E-state index contributed by atoms with van der Waals surface area (Å²) < 4.78 is 17.7. The van der Waals surface area contributed by atoms with Gasteiger partial charge in [0.05, 0.1) is 0 Å². The predicted molar refractivity (Wildman–Crippen MR) is 50.2 cm³/mol. The van der Waals surface area contributed by atoms with E-state index in [0.717, 1.165) is 25.7 Å². The standard InChI is InChI=1S/C11H15FO2/c1-7-5-9-3-4-11(9,6-7)14-10(13)8(2)12/h7,9H,2-6H2,1H3. The number of hydrogen-bond donors (Lipinski definition) is 0. The average molecular weight is 198 g/mol. The van der Waals surface area contributed by atoms with E-state index >= 15 is 0 Å². The normalized spacial score (nSPS) is 39.9. The number of ether oxygens (including phenoxy) is 1. The molecule has 0 aromatic rings. The summed E-state index contributed by atoms with van der Waals surface area (Å²) in [7, 11) is 0. The Morgan fingerprint density at radius 2 is 2.36 bits per heavy atom. The number of carbonyl (C=O) groups is 1. The van der Waals surface area contributed by atoms with Crippen LogP contribution in [0.15, 0.2) is 12.4 Å². The van der Waals surface area contributed by atoms with Crippen LogP contribution in [0.25, 0.3) is 0 Å². The molecule has 3 atom stereocenters. The molecule has 2 fully saturated rings. The maximum Gasteiger partial charge on any atom is 0.367 e. The summed E-state index contributed by atoms with van der Waals surface area (Å²) in [6, 6.07) is 0. The molecule has 0 aromatic carbocycles. The van der Waals surface area contributed by atoms with Crippen LogP contribution in [0.3, 0.4) is 0 Å². The summed E-state index contributed by atoms with van der Waals surface area (Å²) >= 11 is 0. The van der Waals surface area contributed by atoms with Crippen molar-refractivity contribution in [3.05, 3.63) is 12.4 Å². The summed E-state index contributed by atoms with van der Waals surface area (Å²) in [6.07, 6.45) is 3.99. The van der Waals surface area contributed by atoms with Crippen LogP contribution in [0.4, 0.5) is 4.39 Å². The summed E-state index contributed by atoms with van der Waals surface area (Å²) in [6.45, 7) is 5.11. The van der Waals surface area contributed by atoms with Gasteiger partial charge < -0.3 is 4.74 Å². The Labute approximate surface area is 83.1 Å². The third-order valence-electron chi connectivity index (χ3n) is 3.56. The van der Waals surface area contributed by atoms with E-state index in [1.165, 1.54) is 0 Å². The van der Waals surface area contributed by atoms with E-state index in [4.69, 9.17) is 4.74 Å². The molecule has 2 nitrogen and oxygen atoms in total. The maximum atomic E-state index is 12.5. The number of rotatable bonds is 2. The average Bonchev–Trinajstić information content (AvgIpc) is 2.29. The molecule has 2 aliphatic carbocycles. The van der Waals surface area contributed by atoms with Crippen molar-refractivity contribution < 1.29 is 13.9 Å². The second kappa shape index (κ2) is 3.07. The van der Waals surface area contributed by atoms with E-state index in [9.17, 15) is 9.18 Å². The van der Waals surface area contributed by atoms with Gasteiger partial charge in [-0.2, -0.15) is 4.39 Å². The first-order chi connectivity index (χ1) is 6.53. The molecule has 0 saturated heterocycles. The molecular weight excluding hydrogens is 183 g/mol. The largest absolute Gasteiger partial charge is 0.454 e. The highest BCUT2D eigenvalue weighted by Crippen LogP contribution is 2.55. The SMILES string of the molecule is C=C(F)C(=O)OC12CCC1CC(C)C2. The minimum Gasteiger partial charge on any atom is -0.454 e. The van der Waals surface area contributed by atoms with Gasteiger partial charge in [0.2, 0.25) is 5.83 Å². The number of halogens is 1. The summed E-state index contributed by atoms with van der Waals surface area (Å²) in [5.41, 5.74) is -0.342. The summed E-state index contributed by atoms with van der Waals surface area (Å²) in [5.74, 6) is -0.808. The molecule has 0 aromatic heterocycles. The Morgan fingerprint density at radius 1 is 1.64 bits per heavy atom. The number of carbonyl (C=O) groups excluding carboxylic acids is 1. The Bertz CT molecular complexity index is 287. The van der Waals surface area contributed by atoms with E-state index in [0.29, 0.717) is 11.8 Å². The fourth-order valence-corrected chi connectivity index (χ4v) is 2.85. The number of hydrogen-bond acceptors (Lipinski definition) is 2. The second-order valence-corrected chi connectivity index (χ2v) is 4.64. The number of fused-ring (bicyclic) bond motifs is 1. The van der Waals surface area contributed by atoms with Crippen molar-refractivity contribution in [2.45, 2.75) is 38.2 Å². The van der Waals surface area contributed by atoms with Crippen molar-refractivity contribution in [1.29, 1.82) is 0 Å². The van der Waals surface area contributed by atoms with Crippen molar-refractivity contribution in [2.75, 3.05) is 0 Å². The topological polar surface area (TPSA) is 26.3 Å². The van der Waals surface area contributed by atoms with Crippen molar-refractivity contribution in [3.8, 4) is 0 Å². The van der Waals surface area contributed by atoms with Crippen LogP contribution < -0.4 is 0 Å². The van der Waals surface area contributed by atoms with E-state index in [2.05, 4.69) is 13.5 Å². The fourth-order valence-electron chi connectivity index (χ4n) is 2.85. The van der Waals surface area contributed by atoms with Gasteiger partial charge in [0.15, 0.2) is 0 Å². The smallest absolute Gasteiger partial charge is 0.367 e. The van der Waals surface area contributed by atoms with E-state index in [1.807, 2.05) is 0 Å². The predicted octanol–water partition coefficient (Wildman–Crippen LogP) is 2.59. The van der Waals surface area contributed by atoms with E-state index in [-0.39, 0.29) is 5.60 Å². The zero-order chi connectivity index (χ0) is 10.3. The molecule has 0 radical (unpaired) electrons. The Kier molecular flexibility index (Phi) is 2.13. The van der Waals surface area contributed by atoms with Gasteiger partial charge in [0, 0.05) is 0 Å². The van der Waals surface area contributed by atoms with Crippen LogP contribution in [0.2, 0.25) is 0 Å². The number of esters is 1. The minimum absolute atomic E-state index is 0.342. The van der Waals surface area contributed by atoms with E-state index < -0.39 is 11.8 Å². The van der Waals surface area contributed by atoms with Crippen LogP contribution in [-0.2, 0) is 9.53 Å². The lowest BCUT2D eigenvalue weighted by molar-refractivity contribution is -0.174. The Hall–Kier alpha value is -0.860. The van der Waals surface area contributed by atoms with Crippen LogP contribution >= 0.6 is 0 Å². The van der Waals surface area contributed by atoms with Gasteiger partial charge in [-0.25, -0.2) is 4.79 Å². The molecule has 14 heavy (non-hydrogen) atoms. The maximum absolute atomic E-state index is 12.5. The molecule has 2 saturated carbocycles. The van der Waals surface area contributed by atoms with Gasteiger partial charge in [0.1, 0.15) is 5.60 Å². The molecule has 3 unspecified atom stereocenters. The molecule has 3 heteroatoms.